The van der Waals surface area contributed by atoms with Gasteiger partial charge in [-0.3, -0.25) is 5.10 Å². The van der Waals surface area contributed by atoms with E-state index >= 15 is 0 Å². The van der Waals surface area contributed by atoms with E-state index in [1.54, 1.807) is 0 Å². The number of nitrogens with one attached hydrogen (secondary N) is 1. The van der Waals surface area contributed by atoms with Gasteiger partial charge in [0.25, 0.3) is 0 Å². The van der Waals surface area contributed by atoms with Gasteiger partial charge in [0.2, 0.25) is 0 Å². The minimum absolute atomic E-state index is 0.146. The standard InChI is InChI=1S/C18H20N4/c1-18(2,3)14-9-7-12(8-10-14)16-20-17(22-21-16)13-5-4-6-15(19)11-13/h4-11H,19H2,1-3H3,(H,20,21,22). The van der Waals surface area contributed by atoms with Crippen molar-refractivity contribution in [3.05, 3.63) is 54.1 Å². The SMILES string of the molecule is CC(C)(C)c1ccc(-c2nc(-c3cccc(N)c3)n[nH]2)cc1. The molecule has 0 fully saturated rings. The largest absolute Gasteiger partial charge is 0.399 e. The van der Waals surface area contributed by atoms with Crippen LogP contribution in [0, 0.1) is 0 Å². The second kappa shape index (κ2) is 5.30. The van der Waals surface area contributed by atoms with Gasteiger partial charge >= 0.3 is 0 Å². The molecule has 0 aliphatic carbocycles. The Morgan fingerprint density at radius 3 is 2.32 bits per heavy atom. The molecule has 22 heavy (non-hydrogen) atoms. The van der Waals surface area contributed by atoms with Crippen molar-refractivity contribution < 1.29 is 0 Å². The number of anilines is 1. The van der Waals surface area contributed by atoms with Gasteiger partial charge in [-0.05, 0) is 23.1 Å². The van der Waals surface area contributed by atoms with E-state index in [2.05, 4.69) is 60.2 Å². The number of nitrogens with two attached hydrogens (primary N) is 1. The molecule has 4 nitrogen and oxygen atoms in total. The first-order chi connectivity index (χ1) is 10.4. The van der Waals surface area contributed by atoms with E-state index in [0.29, 0.717) is 11.5 Å². The van der Waals surface area contributed by atoms with E-state index in [4.69, 9.17) is 5.73 Å². The molecule has 1 aromatic heterocycles. The van der Waals surface area contributed by atoms with Gasteiger partial charge in [0.15, 0.2) is 11.6 Å². The predicted molar refractivity (Wildman–Crippen MR) is 90.4 cm³/mol. The molecular formula is C18H20N4. The number of nitrogens with zero attached hydrogens (tertiary/aromatic N) is 2. The van der Waals surface area contributed by atoms with E-state index in [0.717, 1.165) is 17.0 Å². The van der Waals surface area contributed by atoms with Crippen LogP contribution in [-0.4, -0.2) is 15.2 Å². The van der Waals surface area contributed by atoms with E-state index < -0.39 is 0 Å². The number of aromatic nitrogens is 3. The van der Waals surface area contributed by atoms with Crippen molar-refractivity contribution in [2.45, 2.75) is 26.2 Å². The van der Waals surface area contributed by atoms with Crippen LogP contribution >= 0.6 is 0 Å². The third kappa shape index (κ3) is 2.86. The lowest BCUT2D eigenvalue weighted by Crippen LogP contribution is -2.10. The Bertz CT molecular complexity index is 779. The molecule has 3 aromatic rings. The predicted octanol–water partition coefficient (Wildman–Crippen LogP) is 4.02. The van der Waals surface area contributed by atoms with Gasteiger partial charge in [0.1, 0.15) is 0 Å². The average Bonchev–Trinajstić information content (AvgIpc) is 2.96. The molecule has 4 heteroatoms. The minimum Gasteiger partial charge on any atom is -0.399 e. The summed E-state index contributed by atoms with van der Waals surface area (Å²) in [4.78, 5) is 4.56. The molecular weight excluding hydrogens is 272 g/mol. The van der Waals surface area contributed by atoms with Crippen LogP contribution < -0.4 is 5.73 Å². The van der Waals surface area contributed by atoms with Crippen molar-refractivity contribution in [2.75, 3.05) is 5.73 Å². The first-order valence-electron chi connectivity index (χ1n) is 7.33. The van der Waals surface area contributed by atoms with Crippen LogP contribution in [0.15, 0.2) is 48.5 Å². The molecule has 3 N–H and O–H groups in total. The second-order valence-corrected chi connectivity index (χ2v) is 6.46. The molecule has 0 saturated carbocycles. The number of hydrogen-bond acceptors (Lipinski definition) is 3. The number of hydrogen-bond donors (Lipinski definition) is 2. The Kier molecular flexibility index (Phi) is 3.45. The molecule has 0 aliphatic rings. The van der Waals surface area contributed by atoms with Crippen LogP contribution in [0.1, 0.15) is 26.3 Å². The lowest BCUT2D eigenvalue weighted by molar-refractivity contribution is 0.590. The fourth-order valence-corrected chi connectivity index (χ4v) is 2.33. The smallest absolute Gasteiger partial charge is 0.181 e. The van der Waals surface area contributed by atoms with Gasteiger partial charge in [-0.1, -0.05) is 57.2 Å². The Balaban J connectivity index is 1.91. The summed E-state index contributed by atoms with van der Waals surface area (Å²) in [5.41, 5.74) is 9.89. The van der Waals surface area contributed by atoms with Gasteiger partial charge in [-0.2, -0.15) is 5.10 Å². The summed E-state index contributed by atoms with van der Waals surface area (Å²) in [6, 6.07) is 16.0. The zero-order valence-electron chi connectivity index (χ0n) is 13.1. The highest BCUT2D eigenvalue weighted by Gasteiger charge is 2.14. The summed E-state index contributed by atoms with van der Waals surface area (Å²) in [5, 5.41) is 7.28. The molecule has 3 rings (SSSR count). The second-order valence-electron chi connectivity index (χ2n) is 6.46. The maximum Gasteiger partial charge on any atom is 0.181 e. The van der Waals surface area contributed by atoms with Crippen molar-refractivity contribution in [2.24, 2.45) is 0 Å². The lowest BCUT2D eigenvalue weighted by Gasteiger charge is -2.18. The fourth-order valence-electron chi connectivity index (χ4n) is 2.33. The molecule has 0 radical (unpaired) electrons. The normalized spacial score (nSPS) is 11.6. The maximum absolute atomic E-state index is 5.81. The zero-order chi connectivity index (χ0) is 15.7. The molecule has 2 aromatic carbocycles. The number of H-pyrrole nitrogens is 1. The summed E-state index contributed by atoms with van der Waals surface area (Å²) >= 11 is 0. The quantitative estimate of drug-likeness (QED) is 0.701. The van der Waals surface area contributed by atoms with Gasteiger partial charge in [-0.15, -0.1) is 0 Å². The molecule has 0 bridgehead atoms. The summed E-state index contributed by atoms with van der Waals surface area (Å²) in [6.45, 7) is 6.61. The molecule has 0 spiro atoms. The molecule has 0 atom stereocenters. The summed E-state index contributed by atoms with van der Waals surface area (Å²) in [6.07, 6.45) is 0. The number of rotatable bonds is 2. The Labute approximate surface area is 130 Å². The van der Waals surface area contributed by atoms with Crippen molar-refractivity contribution in [1.29, 1.82) is 0 Å². The van der Waals surface area contributed by atoms with Crippen LogP contribution in [0.5, 0.6) is 0 Å². The van der Waals surface area contributed by atoms with Crippen LogP contribution in [0.3, 0.4) is 0 Å². The van der Waals surface area contributed by atoms with Crippen LogP contribution in [0.4, 0.5) is 5.69 Å². The Morgan fingerprint density at radius 1 is 0.955 bits per heavy atom. The van der Waals surface area contributed by atoms with Crippen LogP contribution in [0.25, 0.3) is 22.8 Å². The Morgan fingerprint density at radius 2 is 1.68 bits per heavy atom. The van der Waals surface area contributed by atoms with Crippen molar-refractivity contribution in [1.82, 2.24) is 15.2 Å². The highest BCUT2D eigenvalue weighted by Crippen LogP contribution is 2.26. The van der Waals surface area contributed by atoms with E-state index in [9.17, 15) is 0 Å². The van der Waals surface area contributed by atoms with Crippen molar-refractivity contribution in [3.63, 3.8) is 0 Å². The molecule has 112 valence electrons. The van der Waals surface area contributed by atoms with Crippen LogP contribution in [0.2, 0.25) is 0 Å². The maximum atomic E-state index is 5.81. The van der Waals surface area contributed by atoms with Gasteiger partial charge < -0.3 is 5.73 Å². The number of nitrogen functional groups attached to an aromatic ring is 1. The van der Waals surface area contributed by atoms with Gasteiger partial charge in [-0.25, -0.2) is 4.98 Å². The monoisotopic (exact) mass is 292 g/mol. The molecule has 0 unspecified atom stereocenters. The Hall–Kier alpha value is -2.62. The average molecular weight is 292 g/mol. The minimum atomic E-state index is 0.146. The number of benzene rings is 2. The third-order valence-electron chi connectivity index (χ3n) is 3.65. The molecule has 1 heterocycles. The van der Waals surface area contributed by atoms with Gasteiger partial charge in [0.05, 0.1) is 0 Å². The highest BCUT2D eigenvalue weighted by molar-refractivity contribution is 5.64. The zero-order valence-corrected chi connectivity index (χ0v) is 13.1. The first kappa shape index (κ1) is 14.3. The summed E-state index contributed by atoms with van der Waals surface area (Å²) in [7, 11) is 0. The molecule has 0 saturated heterocycles. The molecule has 0 amide bonds. The number of aromatic amines is 1. The molecule has 0 aliphatic heterocycles. The summed E-state index contributed by atoms with van der Waals surface area (Å²) < 4.78 is 0. The lowest BCUT2D eigenvalue weighted by atomic mass is 9.87. The topological polar surface area (TPSA) is 67.6 Å². The third-order valence-corrected chi connectivity index (χ3v) is 3.65. The van der Waals surface area contributed by atoms with E-state index in [-0.39, 0.29) is 5.41 Å². The van der Waals surface area contributed by atoms with Crippen molar-refractivity contribution in [3.8, 4) is 22.8 Å². The van der Waals surface area contributed by atoms with E-state index in [1.165, 1.54) is 5.56 Å². The highest BCUT2D eigenvalue weighted by atomic mass is 15.2. The first-order valence-corrected chi connectivity index (χ1v) is 7.33. The van der Waals surface area contributed by atoms with Gasteiger partial charge in [0, 0.05) is 16.8 Å². The van der Waals surface area contributed by atoms with E-state index in [1.807, 2.05) is 24.3 Å². The summed E-state index contributed by atoms with van der Waals surface area (Å²) in [5.74, 6) is 1.42. The van der Waals surface area contributed by atoms with Crippen molar-refractivity contribution >= 4 is 5.69 Å². The van der Waals surface area contributed by atoms with Crippen LogP contribution in [-0.2, 0) is 5.41 Å². The fraction of sp³-hybridized carbons (Fsp3) is 0.222.